The van der Waals surface area contributed by atoms with Crippen molar-refractivity contribution in [3.63, 3.8) is 0 Å². The Labute approximate surface area is 78.7 Å². The Morgan fingerprint density at radius 1 is 1.62 bits per heavy atom. The fourth-order valence-corrected chi connectivity index (χ4v) is 1.60. The molecule has 1 aliphatic heterocycles. The van der Waals surface area contributed by atoms with Gasteiger partial charge in [0, 0.05) is 6.54 Å². The number of likely N-dealkylation sites (tertiary alicyclic amines) is 1. The van der Waals surface area contributed by atoms with Gasteiger partial charge in [0.15, 0.2) is 0 Å². The van der Waals surface area contributed by atoms with Crippen LogP contribution in [0.3, 0.4) is 0 Å². The van der Waals surface area contributed by atoms with Crippen molar-refractivity contribution in [3.05, 3.63) is 0 Å². The highest BCUT2D eigenvalue weighted by Gasteiger charge is 2.20. The number of nitrogens with zero attached hydrogens (tertiary/aromatic N) is 1. The van der Waals surface area contributed by atoms with E-state index < -0.39 is 12.0 Å². The summed E-state index contributed by atoms with van der Waals surface area (Å²) in [5.41, 5.74) is 5.44. The zero-order valence-corrected chi connectivity index (χ0v) is 8.07. The van der Waals surface area contributed by atoms with E-state index in [2.05, 4.69) is 11.8 Å². The van der Waals surface area contributed by atoms with Crippen molar-refractivity contribution < 1.29 is 9.90 Å². The average Bonchev–Trinajstić information content (AvgIpc) is 2.08. The molecule has 1 rings (SSSR count). The number of hydrogen-bond acceptors (Lipinski definition) is 3. The van der Waals surface area contributed by atoms with Crippen LogP contribution in [0.1, 0.15) is 19.8 Å². The summed E-state index contributed by atoms with van der Waals surface area (Å²) in [6.07, 6.45) is 2.32. The number of rotatable bonds is 3. The summed E-state index contributed by atoms with van der Waals surface area (Å²) in [5.74, 6) is -0.129. The minimum absolute atomic E-state index is 0.488. The van der Waals surface area contributed by atoms with Crippen LogP contribution in [0.5, 0.6) is 0 Å². The van der Waals surface area contributed by atoms with E-state index in [-0.39, 0.29) is 0 Å². The summed E-state index contributed by atoms with van der Waals surface area (Å²) >= 11 is 0. The fraction of sp³-hybridized carbons (Fsp3) is 0.889. The van der Waals surface area contributed by atoms with Crippen LogP contribution in [0.15, 0.2) is 0 Å². The molecule has 0 amide bonds. The monoisotopic (exact) mass is 186 g/mol. The normalized spacial score (nSPS) is 22.9. The summed E-state index contributed by atoms with van der Waals surface area (Å²) in [6, 6.07) is -0.728. The maximum atomic E-state index is 10.5. The van der Waals surface area contributed by atoms with Gasteiger partial charge in [-0.15, -0.1) is 0 Å². The van der Waals surface area contributed by atoms with Gasteiger partial charge in [0.05, 0.1) is 0 Å². The molecule has 0 bridgehead atoms. The first-order valence-electron chi connectivity index (χ1n) is 4.80. The van der Waals surface area contributed by atoms with Gasteiger partial charge < -0.3 is 15.7 Å². The van der Waals surface area contributed by atoms with Crippen LogP contribution in [0.25, 0.3) is 0 Å². The summed E-state index contributed by atoms with van der Waals surface area (Å²) in [6.45, 7) is 4.70. The van der Waals surface area contributed by atoms with Gasteiger partial charge in [0.1, 0.15) is 6.04 Å². The van der Waals surface area contributed by atoms with E-state index in [1.807, 2.05) is 0 Å². The maximum Gasteiger partial charge on any atom is 0.321 e. The molecule has 1 unspecified atom stereocenters. The van der Waals surface area contributed by atoms with Crippen LogP contribution in [-0.4, -0.2) is 41.7 Å². The summed E-state index contributed by atoms with van der Waals surface area (Å²) < 4.78 is 0. The predicted molar refractivity (Wildman–Crippen MR) is 50.4 cm³/mol. The van der Waals surface area contributed by atoms with E-state index in [0.29, 0.717) is 6.54 Å². The second kappa shape index (κ2) is 4.58. The third-order valence-electron chi connectivity index (χ3n) is 2.65. The Morgan fingerprint density at radius 3 is 2.62 bits per heavy atom. The highest BCUT2D eigenvalue weighted by atomic mass is 16.4. The second-order valence-electron chi connectivity index (χ2n) is 3.93. The van der Waals surface area contributed by atoms with Gasteiger partial charge in [-0.1, -0.05) is 6.92 Å². The topological polar surface area (TPSA) is 66.6 Å². The third kappa shape index (κ3) is 3.32. The molecular weight excluding hydrogens is 168 g/mol. The van der Waals surface area contributed by atoms with E-state index in [4.69, 9.17) is 10.8 Å². The fourth-order valence-electron chi connectivity index (χ4n) is 1.60. The van der Waals surface area contributed by atoms with Gasteiger partial charge in [0.25, 0.3) is 0 Å². The molecule has 3 N–H and O–H groups in total. The van der Waals surface area contributed by atoms with Crippen LogP contribution >= 0.6 is 0 Å². The first-order chi connectivity index (χ1) is 6.09. The molecule has 4 heteroatoms. The number of carbonyl (C=O) groups is 1. The lowest BCUT2D eigenvalue weighted by molar-refractivity contribution is -0.139. The van der Waals surface area contributed by atoms with E-state index >= 15 is 0 Å². The lowest BCUT2D eigenvalue weighted by Gasteiger charge is -2.30. The molecule has 1 atom stereocenters. The number of piperidine rings is 1. The van der Waals surface area contributed by atoms with Crippen LogP contribution < -0.4 is 5.73 Å². The highest BCUT2D eigenvalue weighted by molar-refractivity contribution is 5.73. The van der Waals surface area contributed by atoms with Gasteiger partial charge in [0.2, 0.25) is 0 Å². The summed E-state index contributed by atoms with van der Waals surface area (Å²) in [4.78, 5) is 12.6. The molecule has 0 aromatic rings. The minimum Gasteiger partial charge on any atom is -0.480 e. The van der Waals surface area contributed by atoms with Crippen LogP contribution in [-0.2, 0) is 4.79 Å². The molecule has 4 nitrogen and oxygen atoms in total. The molecule has 0 aromatic carbocycles. The molecular formula is C9H18N2O2. The molecule has 1 saturated heterocycles. The molecule has 0 spiro atoms. The standard InChI is InChI=1S/C9H18N2O2/c1-7-2-4-11(5-3-7)6-8(10)9(12)13/h7-8H,2-6,10H2,1H3,(H,12,13). The van der Waals surface area contributed by atoms with Crippen molar-refractivity contribution in [2.45, 2.75) is 25.8 Å². The first-order valence-corrected chi connectivity index (χ1v) is 4.80. The van der Waals surface area contributed by atoms with E-state index in [1.54, 1.807) is 0 Å². The Balaban J connectivity index is 2.26. The van der Waals surface area contributed by atoms with Crippen molar-refractivity contribution in [3.8, 4) is 0 Å². The summed E-state index contributed by atoms with van der Waals surface area (Å²) in [7, 11) is 0. The van der Waals surface area contributed by atoms with Crippen molar-refractivity contribution in [2.24, 2.45) is 11.7 Å². The molecule has 13 heavy (non-hydrogen) atoms. The predicted octanol–water partition coefficient (Wildman–Crippen LogP) is 0.130. The number of nitrogens with two attached hydrogens (primary N) is 1. The maximum absolute atomic E-state index is 10.5. The quantitative estimate of drug-likeness (QED) is 0.657. The summed E-state index contributed by atoms with van der Waals surface area (Å²) in [5, 5.41) is 8.61. The largest absolute Gasteiger partial charge is 0.480 e. The van der Waals surface area contributed by atoms with Gasteiger partial charge in [-0.05, 0) is 31.8 Å². The Morgan fingerprint density at radius 2 is 2.15 bits per heavy atom. The number of carboxylic acids is 1. The molecule has 1 aliphatic rings. The van der Waals surface area contributed by atoms with Crippen LogP contribution in [0, 0.1) is 5.92 Å². The Kier molecular flexibility index (Phi) is 3.69. The Hall–Kier alpha value is -0.610. The van der Waals surface area contributed by atoms with E-state index in [9.17, 15) is 4.79 Å². The lowest BCUT2D eigenvalue weighted by Crippen LogP contribution is -2.45. The zero-order chi connectivity index (χ0) is 9.84. The molecule has 1 heterocycles. The lowest BCUT2D eigenvalue weighted by atomic mass is 9.99. The van der Waals surface area contributed by atoms with Gasteiger partial charge in [-0.3, -0.25) is 4.79 Å². The number of carboxylic acid groups (broad SMARTS) is 1. The van der Waals surface area contributed by atoms with Crippen molar-refractivity contribution in [1.29, 1.82) is 0 Å². The number of hydrogen-bond donors (Lipinski definition) is 2. The van der Waals surface area contributed by atoms with Crippen LogP contribution in [0.4, 0.5) is 0 Å². The van der Waals surface area contributed by atoms with E-state index in [1.165, 1.54) is 0 Å². The molecule has 0 saturated carbocycles. The average molecular weight is 186 g/mol. The number of aliphatic carboxylic acids is 1. The van der Waals surface area contributed by atoms with E-state index in [0.717, 1.165) is 31.8 Å². The molecule has 0 radical (unpaired) electrons. The van der Waals surface area contributed by atoms with Crippen molar-refractivity contribution in [2.75, 3.05) is 19.6 Å². The molecule has 0 aliphatic carbocycles. The smallest absolute Gasteiger partial charge is 0.321 e. The minimum atomic E-state index is -0.904. The van der Waals surface area contributed by atoms with Crippen LogP contribution in [0.2, 0.25) is 0 Å². The highest BCUT2D eigenvalue weighted by Crippen LogP contribution is 2.15. The first kappa shape index (κ1) is 10.5. The van der Waals surface area contributed by atoms with Crippen molar-refractivity contribution in [1.82, 2.24) is 4.90 Å². The van der Waals surface area contributed by atoms with Gasteiger partial charge in [-0.25, -0.2) is 0 Å². The SMILES string of the molecule is CC1CCN(CC(N)C(=O)O)CC1. The molecule has 0 aromatic heterocycles. The van der Waals surface area contributed by atoms with Gasteiger partial charge >= 0.3 is 5.97 Å². The molecule has 1 fully saturated rings. The third-order valence-corrected chi connectivity index (χ3v) is 2.65. The van der Waals surface area contributed by atoms with Gasteiger partial charge in [-0.2, -0.15) is 0 Å². The van der Waals surface area contributed by atoms with Crippen molar-refractivity contribution >= 4 is 5.97 Å². The Bertz CT molecular complexity index is 176. The zero-order valence-electron chi connectivity index (χ0n) is 8.07. The molecule has 76 valence electrons. The second-order valence-corrected chi connectivity index (χ2v) is 3.93.